The van der Waals surface area contributed by atoms with Gasteiger partial charge >= 0.3 is 0 Å². The number of hydrogen-bond donors (Lipinski definition) is 1. The molecule has 0 aliphatic carbocycles. The molecule has 1 amide bonds. The van der Waals surface area contributed by atoms with Gasteiger partial charge in [0.1, 0.15) is 0 Å². The lowest BCUT2D eigenvalue weighted by molar-refractivity contribution is -0.119. The third-order valence-corrected chi connectivity index (χ3v) is 4.08. The lowest BCUT2D eigenvalue weighted by Gasteiger charge is -2.16. The summed E-state index contributed by atoms with van der Waals surface area (Å²) < 4.78 is 5.43. The van der Waals surface area contributed by atoms with Crippen LogP contribution < -0.4 is 5.32 Å². The van der Waals surface area contributed by atoms with Crippen molar-refractivity contribution in [3.05, 3.63) is 53.3 Å². The van der Waals surface area contributed by atoms with Crippen LogP contribution in [0.5, 0.6) is 0 Å². The summed E-state index contributed by atoms with van der Waals surface area (Å²) in [6, 6.07) is 11.7. The summed E-state index contributed by atoms with van der Waals surface area (Å²) in [5, 5.41) is 3.52. The van der Waals surface area contributed by atoms with Crippen molar-refractivity contribution >= 4 is 17.7 Å². The maximum Gasteiger partial charge on any atom is 0.230 e. The Balaban J connectivity index is 1.82. The average molecular weight is 331 g/mol. The van der Waals surface area contributed by atoms with Crippen molar-refractivity contribution in [1.29, 1.82) is 0 Å². The standard InChI is InChI=1S/C17H21N3O2S/c1-12-9-13(2)20-17(19-12)23-11-16(21)18-10-15(22-3)14-7-5-4-6-8-14/h4-9,15H,10-11H2,1-3H3,(H,18,21). The van der Waals surface area contributed by atoms with Crippen molar-refractivity contribution in [2.75, 3.05) is 19.4 Å². The minimum absolute atomic E-state index is 0.0595. The van der Waals surface area contributed by atoms with Gasteiger partial charge in [-0.1, -0.05) is 42.1 Å². The second-order valence-corrected chi connectivity index (χ2v) is 6.10. The van der Waals surface area contributed by atoms with Crippen molar-refractivity contribution in [3.63, 3.8) is 0 Å². The van der Waals surface area contributed by atoms with Crippen molar-refractivity contribution in [2.45, 2.75) is 25.1 Å². The van der Waals surface area contributed by atoms with E-state index in [1.807, 2.05) is 50.2 Å². The number of hydrogen-bond acceptors (Lipinski definition) is 5. The molecule has 1 atom stereocenters. The molecule has 1 N–H and O–H groups in total. The van der Waals surface area contributed by atoms with E-state index in [0.29, 0.717) is 11.7 Å². The molecule has 122 valence electrons. The average Bonchev–Trinajstić information content (AvgIpc) is 2.53. The molecule has 0 fully saturated rings. The van der Waals surface area contributed by atoms with Crippen LogP contribution in [0.25, 0.3) is 0 Å². The summed E-state index contributed by atoms with van der Waals surface area (Å²) in [5.74, 6) is 0.226. The number of ether oxygens (including phenoxy) is 1. The van der Waals surface area contributed by atoms with E-state index in [0.717, 1.165) is 17.0 Å². The molecule has 6 heteroatoms. The second-order valence-electron chi connectivity index (χ2n) is 5.16. The van der Waals surface area contributed by atoms with Crippen LogP contribution in [0.1, 0.15) is 23.1 Å². The fourth-order valence-corrected chi connectivity index (χ4v) is 2.93. The molecule has 23 heavy (non-hydrogen) atoms. The molecule has 2 aromatic rings. The van der Waals surface area contributed by atoms with Crippen LogP contribution in [0, 0.1) is 13.8 Å². The van der Waals surface area contributed by atoms with E-state index in [2.05, 4.69) is 15.3 Å². The number of nitrogens with one attached hydrogen (secondary N) is 1. The lowest BCUT2D eigenvalue weighted by Crippen LogP contribution is -2.30. The summed E-state index contributed by atoms with van der Waals surface area (Å²) in [7, 11) is 1.64. The number of aromatic nitrogens is 2. The number of aryl methyl sites for hydroxylation is 2. The molecular formula is C17H21N3O2S. The molecule has 1 unspecified atom stereocenters. The van der Waals surface area contributed by atoms with Crippen LogP contribution in [-0.4, -0.2) is 35.3 Å². The monoisotopic (exact) mass is 331 g/mol. The molecule has 5 nitrogen and oxygen atoms in total. The fraction of sp³-hybridized carbons (Fsp3) is 0.353. The van der Waals surface area contributed by atoms with Gasteiger partial charge in [0.25, 0.3) is 0 Å². The summed E-state index contributed by atoms with van der Waals surface area (Å²) in [6.45, 7) is 4.28. The second kappa shape index (κ2) is 8.64. The van der Waals surface area contributed by atoms with Crippen LogP contribution in [0.3, 0.4) is 0 Å². The topological polar surface area (TPSA) is 64.1 Å². The first kappa shape index (κ1) is 17.4. The zero-order valence-electron chi connectivity index (χ0n) is 13.6. The molecule has 0 saturated heterocycles. The number of nitrogens with zero attached hydrogens (tertiary/aromatic N) is 2. The minimum Gasteiger partial charge on any atom is -0.375 e. The summed E-state index contributed by atoms with van der Waals surface area (Å²) >= 11 is 1.34. The van der Waals surface area contributed by atoms with Crippen LogP contribution in [0.2, 0.25) is 0 Å². The predicted octanol–water partition coefficient (Wildman–Crippen LogP) is 2.69. The van der Waals surface area contributed by atoms with Crippen LogP contribution >= 0.6 is 11.8 Å². The zero-order valence-corrected chi connectivity index (χ0v) is 14.4. The maximum atomic E-state index is 12.0. The number of carbonyl (C=O) groups excluding carboxylic acids is 1. The Kier molecular flexibility index (Phi) is 6.55. The normalized spacial score (nSPS) is 12.0. The summed E-state index contributed by atoms with van der Waals surface area (Å²) in [5.41, 5.74) is 2.86. The lowest BCUT2D eigenvalue weighted by atomic mass is 10.1. The van der Waals surface area contributed by atoms with Crippen LogP contribution in [0.15, 0.2) is 41.6 Å². The smallest absolute Gasteiger partial charge is 0.230 e. The Bertz CT molecular complexity index is 629. The Morgan fingerprint density at radius 2 is 1.87 bits per heavy atom. The maximum absolute atomic E-state index is 12.0. The molecule has 1 aromatic carbocycles. The Labute approximate surface area is 140 Å². The molecular weight excluding hydrogens is 310 g/mol. The Morgan fingerprint density at radius 3 is 2.48 bits per heavy atom. The van der Waals surface area contributed by atoms with E-state index in [4.69, 9.17) is 4.74 Å². The largest absolute Gasteiger partial charge is 0.375 e. The SMILES string of the molecule is COC(CNC(=O)CSc1nc(C)cc(C)n1)c1ccccc1. The first-order valence-corrected chi connectivity index (χ1v) is 8.36. The molecule has 0 spiro atoms. The Hall–Kier alpha value is -1.92. The molecule has 0 aliphatic heterocycles. The third kappa shape index (κ3) is 5.65. The molecule has 1 aromatic heterocycles. The van der Waals surface area contributed by atoms with E-state index in [1.165, 1.54) is 11.8 Å². The van der Waals surface area contributed by atoms with Gasteiger partial charge in [-0.05, 0) is 25.5 Å². The first-order chi connectivity index (χ1) is 11.1. The van der Waals surface area contributed by atoms with Gasteiger partial charge in [0, 0.05) is 25.0 Å². The quantitative estimate of drug-likeness (QED) is 0.624. The highest BCUT2D eigenvalue weighted by molar-refractivity contribution is 7.99. The molecule has 0 radical (unpaired) electrons. The minimum atomic E-state index is -0.150. The van der Waals surface area contributed by atoms with Crippen LogP contribution in [0.4, 0.5) is 0 Å². The van der Waals surface area contributed by atoms with Gasteiger partial charge in [0.05, 0.1) is 11.9 Å². The summed E-state index contributed by atoms with van der Waals surface area (Å²) in [4.78, 5) is 20.6. The molecule has 0 bridgehead atoms. The number of amides is 1. The van der Waals surface area contributed by atoms with Crippen molar-refractivity contribution in [1.82, 2.24) is 15.3 Å². The van der Waals surface area contributed by atoms with Gasteiger partial charge in [0.15, 0.2) is 5.16 Å². The Morgan fingerprint density at radius 1 is 1.22 bits per heavy atom. The van der Waals surface area contributed by atoms with E-state index >= 15 is 0 Å². The number of methoxy groups -OCH3 is 1. The number of carbonyl (C=O) groups is 1. The van der Waals surface area contributed by atoms with Gasteiger partial charge in [-0.25, -0.2) is 9.97 Å². The molecule has 0 saturated carbocycles. The first-order valence-electron chi connectivity index (χ1n) is 7.38. The van der Waals surface area contributed by atoms with Crippen molar-refractivity contribution < 1.29 is 9.53 Å². The highest BCUT2D eigenvalue weighted by Crippen LogP contribution is 2.16. The van der Waals surface area contributed by atoms with E-state index in [1.54, 1.807) is 7.11 Å². The van der Waals surface area contributed by atoms with Gasteiger partial charge in [-0.2, -0.15) is 0 Å². The van der Waals surface area contributed by atoms with Gasteiger partial charge in [-0.15, -0.1) is 0 Å². The van der Waals surface area contributed by atoms with Crippen molar-refractivity contribution in [2.24, 2.45) is 0 Å². The van der Waals surface area contributed by atoms with Gasteiger partial charge in [0.2, 0.25) is 5.91 Å². The molecule has 2 rings (SSSR count). The van der Waals surface area contributed by atoms with E-state index < -0.39 is 0 Å². The highest BCUT2D eigenvalue weighted by atomic mass is 32.2. The van der Waals surface area contributed by atoms with Crippen molar-refractivity contribution in [3.8, 4) is 0 Å². The number of rotatable bonds is 7. The fourth-order valence-electron chi connectivity index (χ4n) is 2.15. The summed E-state index contributed by atoms with van der Waals surface area (Å²) in [6.07, 6.45) is -0.150. The van der Waals surface area contributed by atoms with E-state index in [9.17, 15) is 4.79 Å². The highest BCUT2D eigenvalue weighted by Gasteiger charge is 2.12. The van der Waals surface area contributed by atoms with Gasteiger partial charge < -0.3 is 10.1 Å². The molecule has 0 aliphatic rings. The van der Waals surface area contributed by atoms with E-state index in [-0.39, 0.29) is 17.8 Å². The third-order valence-electron chi connectivity index (χ3n) is 3.23. The predicted molar refractivity (Wildman–Crippen MR) is 91.4 cm³/mol. The number of benzene rings is 1. The molecule has 1 heterocycles. The number of thioether (sulfide) groups is 1. The van der Waals surface area contributed by atoms with Gasteiger partial charge in [-0.3, -0.25) is 4.79 Å². The van der Waals surface area contributed by atoms with Crippen LogP contribution in [-0.2, 0) is 9.53 Å². The zero-order chi connectivity index (χ0) is 16.7.